The molecule has 0 bridgehead atoms. The van der Waals surface area contributed by atoms with Gasteiger partial charge >= 0.3 is 0 Å². The SMILES string of the molecule is COc1c(Cl)cc(C)cc1/C(O)=C1\C(=O)C(=O)N(CCCN(C)C)C1c1ccc(O)cc1. The monoisotopic (exact) mass is 458 g/mol. The van der Waals surface area contributed by atoms with Crippen LogP contribution in [-0.2, 0) is 9.59 Å². The summed E-state index contributed by atoms with van der Waals surface area (Å²) in [7, 11) is 5.28. The zero-order valence-corrected chi connectivity index (χ0v) is 19.3. The van der Waals surface area contributed by atoms with Gasteiger partial charge in [0.2, 0.25) is 0 Å². The average molecular weight is 459 g/mol. The van der Waals surface area contributed by atoms with E-state index in [-0.39, 0.29) is 33.4 Å². The number of phenols is 1. The Hall–Kier alpha value is -3.03. The summed E-state index contributed by atoms with van der Waals surface area (Å²) in [6.07, 6.45) is 0.647. The van der Waals surface area contributed by atoms with Crippen LogP contribution in [0.25, 0.3) is 5.76 Å². The first-order valence-corrected chi connectivity index (χ1v) is 10.6. The lowest BCUT2D eigenvalue weighted by Gasteiger charge is -2.26. The summed E-state index contributed by atoms with van der Waals surface area (Å²) in [6, 6.07) is 8.79. The summed E-state index contributed by atoms with van der Waals surface area (Å²) >= 11 is 6.29. The molecule has 32 heavy (non-hydrogen) atoms. The number of halogens is 1. The van der Waals surface area contributed by atoms with Crippen LogP contribution in [0.4, 0.5) is 0 Å². The van der Waals surface area contributed by atoms with Crippen LogP contribution < -0.4 is 4.74 Å². The van der Waals surface area contributed by atoms with E-state index in [4.69, 9.17) is 16.3 Å². The molecule has 1 unspecified atom stereocenters. The molecule has 1 saturated heterocycles. The van der Waals surface area contributed by atoms with Crippen molar-refractivity contribution in [2.45, 2.75) is 19.4 Å². The standard InChI is InChI=1S/C24H27ClN2O5/c1-14-12-17(23(32-4)18(25)13-14)21(29)19-20(15-6-8-16(28)9-7-15)27(24(31)22(19)30)11-5-10-26(2)3/h6-9,12-13,20,28-29H,5,10-11H2,1-4H3/b21-19+. The minimum Gasteiger partial charge on any atom is -0.508 e. The Bertz CT molecular complexity index is 1060. The predicted molar refractivity (Wildman–Crippen MR) is 123 cm³/mol. The van der Waals surface area contributed by atoms with Gasteiger partial charge in [-0.15, -0.1) is 0 Å². The Morgan fingerprint density at radius 3 is 2.44 bits per heavy atom. The fourth-order valence-electron chi connectivity index (χ4n) is 3.93. The van der Waals surface area contributed by atoms with Crippen LogP contribution >= 0.6 is 11.6 Å². The Morgan fingerprint density at radius 1 is 1.19 bits per heavy atom. The Morgan fingerprint density at radius 2 is 1.84 bits per heavy atom. The molecule has 0 saturated carbocycles. The van der Waals surface area contributed by atoms with Crippen LogP contribution in [0.1, 0.15) is 29.2 Å². The molecule has 1 aliphatic heterocycles. The van der Waals surface area contributed by atoms with E-state index in [1.165, 1.54) is 24.1 Å². The van der Waals surface area contributed by atoms with E-state index in [2.05, 4.69) is 0 Å². The summed E-state index contributed by atoms with van der Waals surface area (Å²) in [5.41, 5.74) is 1.57. The van der Waals surface area contributed by atoms with E-state index < -0.39 is 17.7 Å². The molecule has 0 aliphatic carbocycles. The Balaban J connectivity index is 2.18. The number of aromatic hydroxyl groups is 1. The number of Topliss-reactive ketones (excluding diaryl/α,β-unsaturated/α-hetero) is 1. The fourth-order valence-corrected chi connectivity index (χ4v) is 4.28. The zero-order valence-electron chi connectivity index (χ0n) is 18.6. The molecule has 1 fully saturated rings. The summed E-state index contributed by atoms with van der Waals surface area (Å²) in [5, 5.41) is 21.3. The quantitative estimate of drug-likeness (QED) is 0.373. The molecule has 170 valence electrons. The van der Waals surface area contributed by atoms with E-state index in [9.17, 15) is 19.8 Å². The number of nitrogens with zero attached hydrogens (tertiary/aromatic N) is 2. The molecular weight excluding hydrogens is 432 g/mol. The smallest absolute Gasteiger partial charge is 0.295 e. The highest BCUT2D eigenvalue weighted by Gasteiger charge is 2.46. The first-order valence-electron chi connectivity index (χ1n) is 10.2. The van der Waals surface area contributed by atoms with Gasteiger partial charge < -0.3 is 24.7 Å². The number of hydrogen-bond donors (Lipinski definition) is 2. The number of likely N-dealkylation sites (tertiary alicyclic amines) is 1. The van der Waals surface area contributed by atoms with E-state index in [0.717, 1.165) is 12.1 Å². The zero-order chi connectivity index (χ0) is 23.6. The number of carbonyl (C=O) groups is 2. The number of aliphatic hydroxyl groups is 1. The number of phenolic OH excluding ortho intramolecular Hbond substituents is 1. The molecule has 3 rings (SSSR count). The van der Waals surface area contributed by atoms with Crippen molar-refractivity contribution in [2.75, 3.05) is 34.3 Å². The fraction of sp³-hybridized carbons (Fsp3) is 0.333. The van der Waals surface area contributed by atoms with E-state index in [1.807, 2.05) is 19.0 Å². The van der Waals surface area contributed by atoms with Gasteiger partial charge in [-0.1, -0.05) is 23.7 Å². The number of aliphatic hydroxyl groups excluding tert-OH is 1. The highest BCUT2D eigenvalue weighted by Crippen LogP contribution is 2.42. The van der Waals surface area contributed by atoms with Crippen molar-refractivity contribution >= 4 is 29.1 Å². The second-order valence-corrected chi connectivity index (χ2v) is 8.48. The van der Waals surface area contributed by atoms with Crippen molar-refractivity contribution in [3.63, 3.8) is 0 Å². The number of rotatable bonds is 7. The third-order valence-electron chi connectivity index (χ3n) is 5.40. The highest BCUT2D eigenvalue weighted by atomic mass is 35.5. The topological polar surface area (TPSA) is 90.3 Å². The molecule has 0 spiro atoms. The predicted octanol–water partition coefficient (Wildman–Crippen LogP) is 3.74. The van der Waals surface area contributed by atoms with Crippen molar-refractivity contribution in [3.8, 4) is 11.5 Å². The lowest BCUT2D eigenvalue weighted by molar-refractivity contribution is -0.139. The van der Waals surface area contributed by atoms with Gasteiger partial charge in [0.15, 0.2) is 0 Å². The van der Waals surface area contributed by atoms with Crippen LogP contribution in [-0.4, -0.2) is 66.0 Å². The van der Waals surface area contributed by atoms with E-state index >= 15 is 0 Å². The van der Waals surface area contributed by atoms with Crippen LogP contribution in [0.3, 0.4) is 0 Å². The molecule has 2 N–H and O–H groups in total. The summed E-state index contributed by atoms with van der Waals surface area (Å²) in [6.45, 7) is 2.86. The number of carbonyl (C=O) groups excluding carboxylic acids is 2. The van der Waals surface area contributed by atoms with Gasteiger partial charge in [0, 0.05) is 6.54 Å². The van der Waals surface area contributed by atoms with Gasteiger partial charge in [0.05, 0.1) is 29.3 Å². The van der Waals surface area contributed by atoms with Crippen molar-refractivity contribution < 1.29 is 24.5 Å². The van der Waals surface area contributed by atoms with Crippen LogP contribution in [0.15, 0.2) is 42.0 Å². The molecule has 1 heterocycles. The third kappa shape index (κ3) is 4.59. The normalized spacial score (nSPS) is 17.9. The van der Waals surface area contributed by atoms with Gasteiger partial charge in [-0.25, -0.2) is 0 Å². The molecule has 7 nitrogen and oxygen atoms in total. The van der Waals surface area contributed by atoms with Gasteiger partial charge in [0.25, 0.3) is 11.7 Å². The molecule has 2 aromatic rings. The number of methoxy groups -OCH3 is 1. The molecule has 1 atom stereocenters. The summed E-state index contributed by atoms with van der Waals surface area (Å²) in [5.74, 6) is -1.52. The van der Waals surface area contributed by atoms with Crippen molar-refractivity contribution in [1.29, 1.82) is 0 Å². The van der Waals surface area contributed by atoms with Gasteiger partial charge in [-0.05, 0) is 69.4 Å². The number of ketones is 1. The molecule has 1 amide bonds. The first-order chi connectivity index (χ1) is 15.1. The van der Waals surface area contributed by atoms with Crippen LogP contribution in [0, 0.1) is 6.92 Å². The molecule has 2 aromatic carbocycles. The highest BCUT2D eigenvalue weighted by molar-refractivity contribution is 6.46. The van der Waals surface area contributed by atoms with Crippen LogP contribution in [0.2, 0.25) is 5.02 Å². The number of hydrogen-bond acceptors (Lipinski definition) is 6. The molecule has 0 radical (unpaired) electrons. The van der Waals surface area contributed by atoms with Crippen LogP contribution in [0.5, 0.6) is 11.5 Å². The first kappa shape index (κ1) is 23.6. The largest absolute Gasteiger partial charge is 0.508 e. The van der Waals surface area contributed by atoms with E-state index in [0.29, 0.717) is 18.5 Å². The number of benzene rings is 2. The maximum Gasteiger partial charge on any atom is 0.295 e. The Kier molecular flexibility index (Phi) is 7.11. The number of ether oxygens (including phenoxy) is 1. The van der Waals surface area contributed by atoms with E-state index in [1.54, 1.807) is 31.2 Å². The molecule has 8 heteroatoms. The van der Waals surface area contributed by atoms with Gasteiger partial charge in [0.1, 0.15) is 17.3 Å². The second-order valence-electron chi connectivity index (χ2n) is 8.07. The van der Waals surface area contributed by atoms with Gasteiger partial charge in [-0.3, -0.25) is 9.59 Å². The number of aryl methyl sites for hydroxylation is 1. The van der Waals surface area contributed by atoms with Crippen molar-refractivity contribution in [1.82, 2.24) is 9.80 Å². The molecule has 0 aromatic heterocycles. The van der Waals surface area contributed by atoms with Crippen molar-refractivity contribution in [3.05, 3.63) is 63.7 Å². The summed E-state index contributed by atoms with van der Waals surface area (Å²) in [4.78, 5) is 29.5. The number of amides is 1. The van der Waals surface area contributed by atoms with Gasteiger partial charge in [-0.2, -0.15) is 0 Å². The molecular formula is C24H27ClN2O5. The maximum atomic E-state index is 13.1. The lowest BCUT2D eigenvalue weighted by atomic mass is 9.94. The average Bonchev–Trinajstić information content (AvgIpc) is 2.98. The third-order valence-corrected chi connectivity index (χ3v) is 5.68. The minimum absolute atomic E-state index is 0.0366. The Labute approximate surface area is 192 Å². The summed E-state index contributed by atoms with van der Waals surface area (Å²) < 4.78 is 5.37. The second kappa shape index (κ2) is 9.63. The minimum atomic E-state index is -0.804. The maximum absolute atomic E-state index is 13.1. The van der Waals surface area contributed by atoms with Crippen molar-refractivity contribution in [2.24, 2.45) is 0 Å². The molecule has 1 aliphatic rings. The lowest BCUT2D eigenvalue weighted by Crippen LogP contribution is -2.32.